The first kappa shape index (κ1) is 8.94. The minimum absolute atomic E-state index is 0.332. The Balaban J connectivity index is 2.30. The largest absolute Gasteiger partial charge is 0.461 e. The lowest BCUT2D eigenvalue weighted by molar-refractivity contribution is -0.134. The van der Waals surface area contributed by atoms with E-state index in [9.17, 15) is 4.79 Å². The van der Waals surface area contributed by atoms with E-state index in [1.165, 1.54) is 0 Å². The van der Waals surface area contributed by atoms with Crippen molar-refractivity contribution >= 4 is 11.7 Å². The van der Waals surface area contributed by atoms with Crippen LogP contribution in [0.1, 0.15) is 13.8 Å². The van der Waals surface area contributed by atoms with Crippen LogP contribution in [0.15, 0.2) is 40.1 Å². The number of hydrogen-bond acceptors (Lipinski definition) is 3. The molecule has 1 aliphatic heterocycles. The number of aliphatic imine (C=N–C) groups is 1. The fourth-order valence-electron chi connectivity index (χ4n) is 1.56. The maximum absolute atomic E-state index is 11.4. The average molecular weight is 189 g/mol. The number of carbonyl (C=O) groups excluding carboxylic acids is 1. The Morgan fingerprint density at radius 1 is 1.57 bits per heavy atom. The molecule has 0 spiro atoms. The number of allylic oxidation sites excluding steroid dienone is 3. The molecule has 1 aliphatic carbocycles. The number of carbonyl (C=O) groups is 1. The van der Waals surface area contributed by atoms with E-state index in [0.29, 0.717) is 12.3 Å². The van der Waals surface area contributed by atoms with Crippen LogP contribution < -0.4 is 0 Å². The topological polar surface area (TPSA) is 38.7 Å². The van der Waals surface area contributed by atoms with E-state index in [-0.39, 0.29) is 5.97 Å². The lowest BCUT2D eigenvalue weighted by Crippen LogP contribution is -2.17. The van der Waals surface area contributed by atoms with Gasteiger partial charge in [0, 0.05) is 5.57 Å². The number of fused-ring (bicyclic) bond motifs is 1. The van der Waals surface area contributed by atoms with E-state index in [2.05, 4.69) is 4.99 Å². The fraction of sp³-hybridized carbons (Fsp3) is 0.273. The van der Waals surface area contributed by atoms with Crippen LogP contribution in [0.3, 0.4) is 0 Å². The molecule has 0 saturated heterocycles. The van der Waals surface area contributed by atoms with Crippen molar-refractivity contribution in [2.45, 2.75) is 13.8 Å². The van der Waals surface area contributed by atoms with Crippen molar-refractivity contribution in [2.24, 2.45) is 4.99 Å². The standard InChI is InChI=1S/C11H11NO2/c1-3-14-11(13)10-7(2)8-5-4-6-9(8)12-10/h4-6H,3H2,1-2H3. The highest BCUT2D eigenvalue weighted by Crippen LogP contribution is 2.30. The van der Waals surface area contributed by atoms with Crippen molar-refractivity contribution in [2.75, 3.05) is 6.61 Å². The van der Waals surface area contributed by atoms with Gasteiger partial charge in [0.2, 0.25) is 0 Å². The van der Waals surface area contributed by atoms with Gasteiger partial charge in [0.15, 0.2) is 5.71 Å². The van der Waals surface area contributed by atoms with Crippen LogP contribution in [0.2, 0.25) is 0 Å². The summed E-state index contributed by atoms with van der Waals surface area (Å²) in [5.74, 6) is -0.332. The second-order valence-electron chi connectivity index (χ2n) is 3.13. The Hall–Kier alpha value is -1.64. The van der Waals surface area contributed by atoms with Gasteiger partial charge in [0.25, 0.3) is 0 Å². The third kappa shape index (κ3) is 1.21. The van der Waals surface area contributed by atoms with Crippen molar-refractivity contribution in [1.29, 1.82) is 0 Å². The van der Waals surface area contributed by atoms with Gasteiger partial charge in [-0.2, -0.15) is 0 Å². The summed E-state index contributed by atoms with van der Waals surface area (Å²) >= 11 is 0. The smallest absolute Gasteiger partial charge is 0.357 e. The van der Waals surface area contributed by atoms with Crippen LogP contribution in [0.25, 0.3) is 0 Å². The van der Waals surface area contributed by atoms with Gasteiger partial charge in [-0.25, -0.2) is 9.79 Å². The summed E-state index contributed by atoms with van der Waals surface area (Å²) in [5, 5.41) is 0. The summed E-state index contributed by atoms with van der Waals surface area (Å²) in [6.07, 6.45) is 5.78. The molecule has 0 bridgehead atoms. The van der Waals surface area contributed by atoms with Gasteiger partial charge in [-0.05, 0) is 25.5 Å². The zero-order valence-corrected chi connectivity index (χ0v) is 8.20. The molecule has 3 nitrogen and oxygen atoms in total. The third-order valence-corrected chi connectivity index (χ3v) is 2.25. The minimum atomic E-state index is -0.332. The number of ether oxygens (including phenoxy) is 1. The molecule has 0 aromatic carbocycles. The van der Waals surface area contributed by atoms with Gasteiger partial charge < -0.3 is 4.74 Å². The van der Waals surface area contributed by atoms with Gasteiger partial charge in [0.1, 0.15) is 0 Å². The molecule has 0 atom stereocenters. The van der Waals surface area contributed by atoms with Crippen LogP contribution in [0.5, 0.6) is 0 Å². The van der Waals surface area contributed by atoms with Crippen LogP contribution in [0, 0.1) is 0 Å². The molecule has 0 radical (unpaired) electrons. The second kappa shape index (κ2) is 3.25. The molecular formula is C11H11NO2. The highest BCUT2D eigenvalue weighted by atomic mass is 16.5. The predicted molar refractivity (Wildman–Crippen MR) is 54.0 cm³/mol. The molecule has 0 N–H and O–H groups in total. The third-order valence-electron chi connectivity index (χ3n) is 2.25. The van der Waals surface area contributed by atoms with Gasteiger partial charge >= 0.3 is 5.97 Å². The van der Waals surface area contributed by atoms with E-state index in [1.54, 1.807) is 6.92 Å². The first-order chi connectivity index (χ1) is 6.74. The molecule has 3 heteroatoms. The zero-order valence-electron chi connectivity index (χ0n) is 8.20. The molecule has 14 heavy (non-hydrogen) atoms. The van der Waals surface area contributed by atoms with E-state index in [1.807, 2.05) is 25.2 Å². The number of hydrogen-bond donors (Lipinski definition) is 0. The van der Waals surface area contributed by atoms with Crippen LogP contribution in [0.4, 0.5) is 0 Å². The van der Waals surface area contributed by atoms with Crippen LogP contribution in [-0.2, 0) is 9.53 Å². The van der Waals surface area contributed by atoms with Gasteiger partial charge in [0.05, 0.1) is 12.3 Å². The Morgan fingerprint density at radius 3 is 3.00 bits per heavy atom. The molecule has 0 aromatic heterocycles. The molecule has 0 saturated carbocycles. The Labute approximate surface area is 82.5 Å². The summed E-state index contributed by atoms with van der Waals surface area (Å²) in [5.41, 5.74) is 3.25. The van der Waals surface area contributed by atoms with E-state index < -0.39 is 0 Å². The minimum Gasteiger partial charge on any atom is -0.461 e. The fourth-order valence-corrected chi connectivity index (χ4v) is 1.56. The Morgan fingerprint density at radius 2 is 2.36 bits per heavy atom. The monoisotopic (exact) mass is 189 g/mol. The quantitative estimate of drug-likeness (QED) is 0.621. The number of rotatable bonds is 2. The van der Waals surface area contributed by atoms with Gasteiger partial charge in [-0.1, -0.05) is 12.2 Å². The van der Waals surface area contributed by atoms with Gasteiger partial charge in [-0.3, -0.25) is 0 Å². The predicted octanol–water partition coefficient (Wildman–Crippen LogP) is 1.77. The zero-order chi connectivity index (χ0) is 10.1. The summed E-state index contributed by atoms with van der Waals surface area (Å²) in [7, 11) is 0. The summed E-state index contributed by atoms with van der Waals surface area (Å²) < 4.78 is 4.91. The van der Waals surface area contributed by atoms with Gasteiger partial charge in [-0.15, -0.1) is 0 Å². The summed E-state index contributed by atoms with van der Waals surface area (Å²) in [6.45, 7) is 4.06. The normalized spacial score (nSPS) is 18.1. The molecule has 2 rings (SSSR count). The van der Waals surface area contributed by atoms with E-state index in [4.69, 9.17) is 4.74 Å². The summed E-state index contributed by atoms with van der Waals surface area (Å²) in [6, 6.07) is 0. The van der Waals surface area contributed by atoms with E-state index >= 15 is 0 Å². The van der Waals surface area contributed by atoms with Crippen molar-refractivity contribution in [3.05, 3.63) is 35.1 Å². The maximum atomic E-state index is 11.4. The highest BCUT2D eigenvalue weighted by Gasteiger charge is 2.26. The van der Waals surface area contributed by atoms with E-state index in [0.717, 1.165) is 16.8 Å². The first-order valence-corrected chi connectivity index (χ1v) is 4.60. The summed E-state index contributed by atoms with van der Waals surface area (Å²) in [4.78, 5) is 15.7. The van der Waals surface area contributed by atoms with Crippen molar-refractivity contribution < 1.29 is 9.53 Å². The van der Waals surface area contributed by atoms with Crippen LogP contribution in [-0.4, -0.2) is 18.3 Å². The van der Waals surface area contributed by atoms with Crippen molar-refractivity contribution in [3.63, 3.8) is 0 Å². The molecule has 72 valence electrons. The molecule has 2 aliphatic rings. The number of esters is 1. The lowest BCUT2D eigenvalue weighted by Gasteiger charge is -2.01. The SMILES string of the molecule is CCOC(=O)C1=NC2=CC=CC2=C1C. The molecule has 0 unspecified atom stereocenters. The number of nitrogens with zero attached hydrogens (tertiary/aromatic N) is 1. The molecular weight excluding hydrogens is 178 g/mol. The lowest BCUT2D eigenvalue weighted by atomic mass is 10.1. The molecule has 0 aromatic rings. The molecule has 0 amide bonds. The average Bonchev–Trinajstić information content (AvgIpc) is 2.69. The van der Waals surface area contributed by atoms with Crippen molar-refractivity contribution in [1.82, 2.24) is 0 Å². The first-order valence-electron chi connectivity index (χ1n) is 4.60. The second-order valence-corrected chi connectivity index (χ2v) is 3.13. The molecule has 0 fully saturated rings. The van der Waals surface area contributed by atoms with Crippen molar-refractivity contribution in [3.8, 4) is 0 Å². The Kier molecular flexibility index (Phi) is 2.08. The highest BCUT2D eigenvalue weighted by molar-refractivity contribution is 6.44. The molecule has 1 heterocycles. The Bertz CT molecular complexity index is 411. The maximum Gasteiger partial charge on any atom is 0.357 e. The van der Waals surface area contributed by atoms with Crippen LogP contribution >= 0.6 is 0 Å².